The highest BCUT2D eigenvalue weighted by Gasteiger charge is 2.80. The molecule has 1 spiro atoms. The zero-order valence-electron chi connectivity index (χ0n) is 15.4. The van der Waals surface area contributed by atoms with Gasteiger partial charge in [-0.25, -0.2) is 0 Å². The van der Waals surface area contributed by atoms with Crippen molar-refractivity contribution in [2.24, 2.45) is 28.6 Å². The summed E-state index contributed by atoms with van der Waals surface area (Å²) in [7, 11) is 0. The van der Waals surface area contributed by atoms with E-state index in [0.717, 1.165) is 38.5 Å². The first-order valence-electron chi connectivity index (χ1n) is 9.81. The third kappa shape index (κ3) is 1.47. The summed E-state index contributed by atoms with van der Waals surface area (Å²) >= 11 is 0. The maximum absolute atomic E-state index is 12.2. The Morgan fingerprint density at radius 1 is 1.17 bits per heavy atom. The topological polar surface area (TPSA) is 49.8 Å². The Labute approximate surface area is 144 Å². The highest BCUT2D eigenvalue weighted by molar-refractivity contribution is 5.93. The van der Waals surface area contributed by atoms with E-state index >= 15 is 0 Å². The number of rotatable bonds is 0. The molecule has 1 aliphatic heterocycles. The number of carbonyl (C=O) groups excluding carboxylic acids is 1. The third-order valence-electron chi connectivity index (χ3n) is 9.21. The molecule has 1 heterocycles. The lowest BCUT2D eigenvalue weighted by Gasteiger charge is -2.57. The fourth-order valence-electron chi connectivity index (χ4n) is 7.56. The molecule has 4 fully saturated rings. The van der Waals surface area contributed by atoms with Gasteiger partial charge in [0.1, 0.15) is 5.60 Å². The van der Waals surface area contributed by atoms with Crippen molar-refractivity contribution < 1.29 is 14.6 Å². The second-order valence-electron chi connectivity index (χ2n) is 10.1. The molecule has 0 amide bonds. The predicted octanol–water partition coefficient (Wildman–Crippen LogP) is 3.65. The zero-order chi connectivity index (χ0) is 17.1. The van der Waals surface area contributed by atoms with Crippen LogP contribution in [0.4, 0.5) is 0 Å². The summed E-state index contributed by atoms with van der Waals surface area (Å²) in [6.45, 7) is 8.78. The molecule has 0 bridgehead atoms. The van der Waals surface area contributed by atoms with Gasteiger partial charge in [-0.15, -0.1) is 0 Å². The lowest BCUT2D eigenvalue weighted by atomic mass is 9.45. The van der Waals surface area contributed by atoms with Gasteiger partial charge in [0, 0.05) is 16.7 Å². The molecule has 0 aromatic rings. The van der Waals surface area contributed by atoms with Crippen molar-refractivity contribution in [1.29, 1.82) is 0 Å². The summed E-state index contributed by atoms with van der Waals surface area (Å²) in [4.78, 5) is 12.2. The van der Waals surface area contributed by atoms with Crippen molar-refractivity contribution in [3.05, 3.63) is 11.6 Å². The number of carbonyl (C=O) groups is 1. The van der Waals surface area contributed by atoms with Crippen LogP contribution in [0, 0.1) is 28.6 Å². The second kappa shape index (κ2) is 4.17. The lowest BCUT2D eigenvalue weighted by molar-refractivity contribution is -0.123. The predicted molar refractivity (Wildman–Crippen MR) is 91.4 cm³/mol. The molecular formula is C21H30O3. The van der Waals surface area contributed by atoms with Crippen molar-refractivity contribution in [1.82, 2.24) is 0 Å². The van der Waals surface area contributed by atoms with Crippen LogP contribution in [0.2, 0.25) is 0 Å². The molecule has 3 saturated carbocycles. The Morgan fingerprint density at radius 3 is 2.67 bits per heavy atom. The van der Waals surface area contributed by atoms with E-state index in [-0.39, 0.29) is 28.5 Å². The molecule has 0 aromatic carbocycles. The van der Waals surface area contributed by atoms with E-state index in [1.165, 1.54) is 5.57 Å². The fraction of sp³-hybridized carbons (Fsp3) is 0.857. The molecule has 5 aliphatic rings. The molecule has 132 valence electrons. The van der Waals surface area contributed by atoms with Gasteiger partial charge in [-0.2, -0.15) is 0 Å². The molecule has 24 heavy (non-hydrogen) atoms. The van der Waals surface area contributed by atoms with Crippen LogP contribution in [-0.2, 0) is 9.53 Å². The fourth-order valence-corrected chi connectivity index (χ4v) is 7.56. The van der Waals surface area contributed by atoms with E-state index in [1.807, 2.05) is 13.0 Å². The van der Waals surface area contributed by atoms with Crippen LogP contribution in [0.1, 0.15) is 66.2 Å². The van der Waals surface area contributed by atoms with Gasteiger partial charge in [-0.05, 0) is 63.4 Å². The van der Waals surface area contributed by atoms with Crippen LogP contribution < -0.4 is 0 Å². The number of epoxide rings is 1. The van der Waals surface area contributed by atoms with Crippen molar-refractivity contribution in [2.45, 2.75) is 83.5 Å². The zero-order valence-corrected chi connectivity index (χ0v) is 15.4. The monoisotopic (exact) mass is 330 g/mol. The molecule has 3 nitrogen and oxygen atoms in total. The summed E-state index contributed by atoms with van der Waals surface area (Å²) in [5.41, 5.74) is 0.719. The summed E-state index contributed by atoms with van der Waals surface area (Å²) < 4.78 is 6.56. The van der Waals surface area contributed by atoms with E-state index in [0.29, 0.717) is 17.6 Å². The molecule has 1 saturated heterocycles. The van der Waals surface area contributed by atoms with Gasteiger partial charge in [0.25, 0.3) is 0 Å². The standard InChI is InChI=1S/C21H30O3/c1-12-10-18(2)13(9-16(12)22)5-6-15-14-7-8-20(4,23)19(14,3)11-17-21(15,18)24-17/h9,12,14-15,17,23H,5-8,10-11H2,1-4H3/t12-,14-,15-,17-,18-,19-,20+,21-/m0/s1. The Bertz CT molecular complexity index is 664. The van der Waals surface area contributed by atoms with Crippen LogP contribution in [-0.4, -0.2) is 28.2 Å². The molecule has 4 aliphatic carbocycles. The summed E-state index contributed by atoms with van der Waals surface area (Å²) in [6.07, 6.45) is 8.33. The largest absolute Gasteiger partial charge is 0.390 e. The summed E-state index contributed by atoms with van der Waals surface area (Å²) in [6, 6.07) is 0. The quantitative estimate of drug-likeness (QED) is 0.690. The first-order chi connectivity index (χ1) is 11.2. The number of fused-ring (bicyclic) bond motifs is 3. The molecule has 0 radical (unpaired) electrons. The number of ketones is 1. The van der Waals surface area contributed by atoms with E-state index in [2.05, 4.69) is 20.8 Å². The Balaban J connectivity index is 1.60. The number of ether oxygens (including phenoxy) is 1. The van der Waals surface area contributed by atoms with E-state index in [4.69, 9.17) is 4.74 Å². The first kappa shape index (κ1) is 15.6. The van der Waals surface area contributed by atoms with Crippen molar-refractivity contribution >= 4 is 5.78 Å². The minimum absolute atomic E-state index is 0.0175. The van der Waals surface area contributed by atoms with Crippen LogP contribution in [0.25, 0.3) is 0 Å². The van der Waals surface area contributed by atoms with Gasteiger partial charge < -0.3 is 9.84 Å². The van der Waals surface area contributed by atoms with Gasteiger partial charge in [0.15, 0.2) is 5.78 Å². The summed E-state index contributed by atoms with van der Waals surface area (Å²) in [5.74, 6) is 1.51. The van der Waals surface area contributed by atoms with Crippen LogP contribution >= 0.6 is 0 Å². The minimum atomic E-state index is -0.567. The molecular weight excluding hydrogens is 300 g/mol. The van der Waals surface area contributed by atoms with Crippen LogP contribution in [0.3, 0.4) is 0 Å². The third-order valence-corrected chi connectivity index (χ3v) is 9.21. The van der Waals surface area contributed by atoms with Crippen LogP contribution in [0.15, 0.2) is 11.6 Å². The van der Waals surface area contributed by atoms with E-state index in [9.17, 15) is 9.90 Å². The molecule has 5 rings (SSSR count). The van der Waals surface area contributed by atoms with Gasteiger partial charge in [-0.1, -0.05) is 26.3 Å². The molecule has 0 unspecified atom stereocenters. The normalized spacial score (nSPS) is 61.4. The molecule has 8 atom stereocenters. The van der Waals surface area contributed by atoms with Crippen molar-refractivity contribution in [3.8, 4) is 0 Å². The average molecular weight is 330 g/mol. The smallest absolute Gasteiger partial charge is 0.158 e. The molecule has 1 N–H and O–H groups in total. The number of hydrogen-bond donors (Lipinski definition) is 1. The number of aliphatic hydroxyl groups is 1. The molecule has 0 aromatic heterocycles. The Hall–Kier alpha value is -0.670. The van der Waals surface area contributed by atoms with Gasteiger partial charge in [-0.3, -0.25) is 4.79 Å². The Kier molecular flexibility index (Phi) is 2.71. The van der Waals surface area contributed by atoms with E-state index in [1.54, 1.807) is 0 Å². The van der Waals surface area contributed by atoms with Gasteiger partial charge in [0.05, 0.1) is 11.7 Å². The van der Waals surface area contributed by atoms with E-state index < -0.39 is 5.60 Å². The SMILES string of the molecule is C[C@H]1C[C@@]2(C)C(=CC1=O)CC[C@H]1[C@@H]3CC[C@@](C)(O)[C@@]3(C)C[C@@H]3O[C@]312. The van der Waals surface area contributed by atoms with Crippen LogP contribution in [0.5, 0.6) is 0 Å². The summed E-state index contributed by atoms with van der Waals surface area (Å²) in [5, 5.41) is 11.0. The average Bonchev–Trinajstić information content (AvgIpc) is 3.15. The van der Waals surface area contributed by atoms with Gasteiger partial charge >= 0.3 is 0 Å². The maximum atomic E-state index is 12.2. The minimum Gasteiger partial charge on any atom is -0.390 e. The van der Waals surface area contributed by atoms with Crippen molar-refractivity contribution in [3.63, 3.8) is 0 Å². The highest BCUT2D eigenvalue weighted by Crippen LogP contribution is 2.76. The second-order valence-corrected chi connectivity index (χ2v) is 10.1. The molecule has 3 heteroatoms. The maximum Gasteiger partial charge on any atom is 0.158 e. The Morgan fingerprint density at radius 2 is 1.92 bits per heavy atom. The highest BCUT2D eigenvalue weighted by atomic mass is 16.6. The van der Waals surface area contributed by atoms with Gasteiger partial charge in [0.2, 0.25) is 0 Å². The van der Waals surface area contributed by atoms with Crippen molar-refractivity contribution in [2.75, 3.05) is 0 Å². The first-order valence-corrected chi connectivity index (χ1v) is 9.81. The lowest BCUT2D eigenvalue weighted by Crippen LogP contribution is -2.60. The number of hydrogen-bond acceptors (Lipinski definition) is 3.